The largest absolute Gasteiger partial charge is 0.358 e. The van der Waals surface area contributed by atoms with E-state index in [2.05, 4.69) is 33.8 Å². The van der Waals surface area contributed by atoms with E-state index in [1.165, 1.54) is 4.70 Å². The lowest BCUT2D eigenvalue weighted by atomic mass is 10.1. The van der Waals surface area contributed by atoms with Gasteiger partial charge in [-0.05, 0) is 35.5 Å². The van der Waals surface area contributed by atoms with Gasteiger partial charge in [0.1, 0.15) is 5.01 Å². The van der Waals surface area contributed by atoms with Crippen molar-refractivity contribution >= 4 is 44.8 Å². The Labute approximate surface area is 178 Å². The number of hydrogen-bond donors (Lipinski definition) is 2. The van der Waals surface area contributed by atoms with Crippen LogP contribution in [0.2, 0.25) is 0 Å². The molecule has 0 aliphatic rings. The monoisotopic (exact) mass is 417 g/mol. The maximum Gasteiger partial charge on any atom is 0.230 e. The van der Waals surface area contributed by atoms with Gasteiger partial charge in [0, 0.05) is 12.1 Å². The van der Waals surface area contributed by atoms with E-state index in [1.807, 2.05) is 60.7 Å². The maximum atomic E-state index is 12.1. The van der Waals surface area contributed by atoms with E-state index >= 15 is 0 Å². The van der Waals surface area contributed by atoms with Gasteiger partial charge in [-0.2, -0.15) is 0 Å². The van der Waals surface area contributed by atoms with E-state index < -0.39 is 0 Å². The van der Waals surface area contributed by atoms with Gasteiger partial charge in [0.2, 0.25) is 5.91 Å². The number of amides is 1. The molecule has 0 saturated carbocycles. The molecule has 0 spiro atoms. The Bertz CT molecular complexity index is 1100. The first-order chi connectivity index (χ1) is 14.2. The van der Waals surface area contributed by atoms with Crippen LogP contribution >= 0.6 is 23.6 Å². The van der Waals surface area contributed by atoms with Crippen molar-refractivity contribution in [2.24, 2.45) is 0 Å². The Balaban J connectivity index is 1.30. The second kappa shape index (κ2) is 8.94. The minimum absolute atomic E-state index is 0.125. The molecular formula is C23H19N3OS2. The highest BCUT2D eigenvalue weighted by atomic mass is 32.1. The molecule has 0 radical (unpaired) electrons. The molecule has 0 unspecified atom stereocenters. The average Bonchev–Trinajstić information content (AvgIpc) is 3.17. The molecule has 29 heavy (non-hydrogen) atoms. The second-order valence-electron chi connectivity index (χ2n) is 6.58. The fourth-order valence-electron chi connectivity index (χ4n) is 2.94. The summed E-state index contributed by atoms with van der Waals surface area (Å²) in [5.74, 6) is -0.125. The van der Waals surface area contributed by atoms with Crippen LogP contribution in [0, 0.1) is 0 Å². The van der Waals surface area contributed by atoms with Gasteiger partial charge in [-0.1, -0.05) is 66.7 Å². The average molecular weight is 418 g/mol. The lowest BCUT2D eigenvalue weighted by Crippen LogP contribution is -2.39. The standard InChI is InChI=1S/C23H19N3OS2/c27-21(14-16-6-2-1-3-7-16)26-23(28)24-15-17-10-12-18(13-11-17)22-25-19-8-4-5-9-20(19)29-22/h1-13H,14-15H2,(H2,24,26,27,28). The van der Waals surface area contributed by atoms with Crippen LogP contribution < -0.4 is 10.6 Å². The molecule has 0 saturated heterocycles. The van der Waals surface area contributed by atoms with Crippen molar-refractivity contribution in [3.63, 3.8) is 0 Å². The summed E-state index contributed by atoms with van der Waals surface area (Å²) in [6.07, 6.45) is 0.305. The summed E-state index contributed by atoms with van der Waals surface area (Å²) >= 11 is 6.92. The van der Waals surface area contributed by atoms with Crippen LogP contribution in [0.4, 0.5) is 0 Å². The predicted molar refractivity (Wildman–Crippen MR) is 123 cm³/mol. The van der Waals surface area contributed by atoms with Crippen LogP contribution in [0.1, 0.15) is 11.1 Å². The Hall–Kier alpha value is -3.09. The van der Waals surface area contributed by atoms with Crippen LogP contribution in [0.15, 0.2) is 78.9 Å². The number of nitrogens with zero attached hydrogens (tertiary/aromatic N) is 1. The summed E-state index contributed by atoms with van der Waals surface area (Å²) in [6, 6.07) is 25.9. The van der Waals surface area contributed by atoms with Crippen molar-refractivity contribution in [2.75, 3.05) is 0 Å². The van der Waals surface area contributed by atoms with E-state index in [4.69, 9.17) is 12.2 Å². The zero-order valence-electron chi connectivity index (χ0n) is 15.6. The predicted octanol–water partition coefficient (Wildman–Crippen LogP) is 4.70. The zero-order valence-corrected chi connectivity index (χ0v) is 17.2. The molecule has 4 rings (SSSR count). The minimum Gasteiger partial charge on any atom is -0.358 e. The van der Waals surface area contributed by atoms with Crippen molar-refractivity contribution in [3.8, 4) is 10.6 Å². The number of hydrogen-bond acceptors (Lipinski definition) is 4. The summed E-state index contributed by atoms with van der Waals surface area (Å²) in [6.45, 7) is 0.546. The SMILES string of the molecule is O=C(Cc1ccccc1)NC(=S)NCc1ccc(-c2nc3ccccc3s2)cc1. The van der Waals surface area contributed by atoms with Crippen LogP contribution in [-0.2, 0) is 17.8 Å². The van der Waals surface area contributed by atoms with E-state index in [1.54, 1.807) is 11.3 Å². The quantitative estimate of drug-likeness (QED) is 0.462. The molecule has 0 atom stereocenters. The lowest BCUT2D eigenvalue weighted by Gasteiger charge is -2.10. The molecule has 3 aromatic carbocycles. The first-order valence-electron chi connectivity index (χ1n) is 9.24. The number of thiocarbonyl (C=S) groups is 1. The number of thiazole rings is 1. The van der Waals surface area contributed by atoms with Gasteiger partial charge in [0.05, 0.1) is 16.6 Å². The Morgan fingerprint density at radius 3 is 2.38 bits per heavy atom. The summed E-state index contributed by atoms with van der Waals surface area (Å²) in [4.78, 5) is 16.8. The molecule has 0 aliphatic heterocycles. The summed E-state index contributed by atoms with van der Waals surface area (Å²) < 4.78 is 1.19. The van der Waals surface area contributed by atoms with Gasteiger partial charge in [-0.25, -0.2) is 4.98 Å². The van der Waals surface area contributed by atoms with Gasteiger partial charge >= 0.3 is 0 Å². The highest BCUT2D eigenvalue weighted by Crippen LogP contribution is 2.29. The van der Waals surface area contributed by atoms with Crippen molar-refractivity contribution in [2.45, 2.75) is 13.0 Å². The maximum absolute atomic E-state index is 12.1. The highest BCUT2D eigenvalue weighted by molar-refractivity contribution is 7.80. The molecule has 4 aromatic rings. The number of para-hydroxylation sites is 1. The first kappa shape index (κ1) is 19.2. The highest BCUT2D eigenvalue weighted by Gasteiger charge is 2.07. The number of carbonyl (C=O) groups excluding carboxylic acids is 1. The number of fused-ring (bicyclic) bond motifs is 1. The molecule has 6 heteroatoms. The van der Waals surface area contributed by atoms with Crippen molar-refractivity contribution in [1.82, 2.24) is 15.6 Å². The summed E-state index contributed by atoms with van der Waals surface area (Å²) in [5.41, 5.74) is 4.15. The fraction of sp³-hybridized carbons (Fsp3) is 0.0870. The van der Waals surface area contributed by atoms with Crippen molar-refractivity contribution in [3.05, 3.63) is 90.0 Å². The molecule has 1 aromatic heterocycles. The second-order valence-corrected chi connectivity index (χ2v) is 8.02. The molecule has 1 heterocycles. The normalized spacial score (nSPS) is 10.6. The molecule has 1 amide bonds. The van der Waals surface area contributed by atoms with Crippen LogP contribution in [0.3, 0.4) is 0 Å². The van der Waals surface area contributed by atoms with E-state index in [-0.39, 0.29) is 5.91 Å². The Morgan fingerprint density at radius 1 is 0.897 bits per heavy atom. The van der Waals surface area contributed by atoms with E-state index in [0.29, 0.717) is 18.1 Å². The van der Waals surface area contributed by atoms with Gasteiger partial charge in [-0.3, -0.25) is 4.79 Å². The number of carbonyl (C=O) groups is 1. The Morgan fingerprint density at radius 2 is 1.62 bits per heavy atom. The third-order valence-corrected chi connectivity index (χ3v) is 5.74. The topological polar surface area (TPSA) is 54.0 Å². The van der Waals surface area contributed by atoms with Gasteiger partial charge in [0.15, 0.2) is 5.11 Å². The van der Waals surface area contributed by atoms with E-state index in [9.17, 15) is 4.79 Å². The third-order valence-electron chi connectivity index (χ3n) is 4.41. The molecule has 0 bridgehead atoms. The molecule has 144 valence electrons. The molecule has 0 fully saturated rings. The van der Waals surface area contributed by atoms with Crippen molar-refractivity contribution < 1.29 is 4.79 Å². The van der Waals surface area contributed by atoms with E-state index in [0.717, 1.165) is 27.2 Å². The third kappa shape index (κ3) is 5.04. The molecule has 2 N–H and O–H groups in total. The fourth-order valence-corrected chi connectivity index (χ4v) is 4.10. The summed E-state index contributed by atoms with van der Waals surface area (Å²) in [5, 5.41) is 7.15. The van der Waals surface area contributed by atoms with Gasteiger partial charge in [-0.15, -0.1) is 11.3 Å². The molecule has 4 nitrogen and oxygen atoms in total. The minimum atomic E-state index is -0.125. The Kier molecular flexibility index (Phi) is 5.93. The van der Waals surface area contributed by atoms with Crippen LogP contribution in [0.25, 0.3) is 20.8 Å². The van der Waals surface area contributed by atoms with Crippen LogP contribution in [-0.4, -0.2) is 16.0 Å². The zero-order chi connectivity index (χ0) is 20.1. The number of nitrogens with one attached hydrogen (secondary N) is 2. The number of benzene rings is 3. The lowest BCUT2D eigenvalue weighted by molar-refractivity contribution is -0.119. The van der Waals surface area contributed by atoms with Gasteiger partial charge < -0.3 is 10.6 Å². The number of aromatic nitrogens is 1. The van der Waals surface area contributed by atoms with Crippen molar-refractivity contribution in [1.29, 1.82) is 0 Å². The summed E-state index contributed by atoms with van der Waals surface area (Å²) in [7, 11) is 0. The molecular weight excluding hydrogens is 398 g/mol. The van der Waals surface area contributed by atoms with Crippen LogP contribution in [0.5, 0.6) is 0 Å². The first-order valence-corrected chi connectivity index (χ1v) is 10.5. The number of rotatable bonds is 5. The smallest absolute Gasteiger partial charge is 0.230 e. The van der Waals surface area contributed by atoms with Gasteiger partial charge in [0.25, 0.3) is 0 Å². The molecule has 0 aliphatic carbocycles.